The highest BCUT2D eigenvalue weighted by molar-refractivity contribution is 5.52. The molecule has 0 N–H and O–H groups in total. The van der Waals surface area contributed by atoms with Crippen molar-refractivity contribution in [3.8, 4) is 0 Å². The molecule has 0 saturated heterocycles. The molecule has 0 saturated carbocycles. The van der Waals surface area contributed by atoms with Crippen molar-refractivity contribution in [2.45, 2.75) is 6.92 Å². The van der Waals surface area contributed by atoms with Crippen LogP contribution in [0.25, 0.3) is 16.5 Å². The Morgan fingerprint density at radius 2 is 2.50 bits per heavy atom. The van der Waals surface area contributed by atoms with Crippen LogP contribution in [0.15, 0.2) is 23.5 Å². The lowest BCUT2D eigenvalue weighted by molar-refractivity contribution is 0.574. The van der Waals surface area contributed by atoms with Gasteiger partial charge in [-0.25, -0.2) is 4.98 Å². The molecule has 0 aliphatic heterocycles. The summed E-state index contributed by atoms with van der Waals surface area (Å²) in [6.45, 7) is 1.91. The van der Waals surface area contributed by atoms with E-state index in [1.807, 2.05) is 0 Å². The zero-order chi connectivity index (χ0) is 10.4. The summed E-state index contributed by atoms with van der Waals surface area (Å²) in [4.78, 5) is 6.10. The third-order valence-electron chi connectivity index (χ3n) is 1.73. The third-order valence-corrected chi connectivity index (χ3v) is 1.73. The number of hydrogen-bond acceptors (Lipinski definition) is 2. The van der Waals surface area contributed by atoms with E-state index < -0.39 is 5.95 Å². The van der Waals surface area contributed by atoms with E-state index in [0.717, 1.165) is 5.56 Å². The fourth-order valence-corrected chi connectivity index (χ4v) is 0.968. The Morgan fingerprint density at radius 1 is 1.71 bits per heavy atom. The molecule has 0 aliphatic rings. The number of hydrogen-bond donors (Lipinski definition) is 0. The molecule has 0 aromatic carbocycles. The Bertz CT molecular complexity index is 394. The minimum absolute atomic E-state index is 0.264. The molecule has 4 nitrogen and oxygen atoms in total. The van der Waals surface area contributed by atoms with Crippen molar-refractivity contribution in [2.75, 3.05) is 6.54 Å². The van der Waals surface area contributed by atoms with Crippen LogP contribution in [-0.2, 0) is 0 Å². The lowest BCUT2D eigenvalue weighted by Gasteiger charge is -1.98. The van der Waals surface area contributed by atoms with Crippen LogP contribution < -0.4 is 0 Å². The summed E-state index contributed by atoms with van der Waals surface area (Å²) in [5.74, 6) is -0.476. The second-order valence-corrected chi connectivity index (χ2v) is 2.63. The minimum atomic E-state index is -0.476. The van der Waals surface area contributed by atoms with Crippen LogP contribution in [0.5, 0.6) is 0 Å². The molecule has 1 aromatic heterocycles. The molecule has 1 heterocycles. The molecule has 0 spiro atoms. The van der Waals surface area contributed by atoms with Gasteiger partial charge in [0.15, 0.2) is 0 Å². The van der Waals surface area contributed by atoms with Crippen LogP contribution in [0.2, 0.25) is 0 Å². The molecule has 0 aliphatic carbocycles. The zero-order valence-electron chi connectivity index (χ0n) is 7.68. The molecule has 0 radical (unpaired) electrons. The second-order valence-electron chi connectivity index (χ2n) is 2.63. The van der Waals surface area contributed by atoms with Crippen LogP contribution in [0.1, 0.15) is 11.1 Å². The van der Waals surface area contributed by atoms with Gasteiger partial charge in [-0.05, 0) is 24.1 Å². The predicted molar refractivity (Wildman–Crippen MR) is 52.0 cm³/mol. The summed E-state index contributed by atoms with van der Waals surface area (Å²) < 4.78 is 12.9. The van der Waals surface area contributed by atoms with Gasteiger partial charge < -0.3 is 0 Å². The van der Waals surface area contributed by atoms with Crippen molar-refractivity contribution in [1.82, 2.24) is 4.98 Å². The van der Waals surface area contributed by atoms with Crippen LogP contribution in [-0.4, -0.2) is 11.5 Å². The summed E-state index contributed by atoms with van der Waals surface area (Å²) in [5.41, 5.74) is 9.25. The van der Waals surface area contributed by atoms with Crippen molar-refractivity contribution < 1.29 is 4.39 Å². The quantitative estimate of drug-likeness (QED) is 0.314. The first-order valence-corrected chi connectivity index (χ1v) is 4.04. The van der Waals surface area contributed by atoms with Gasteiger partial charge >= 0.3 is 0 Å². The zero-order valence-corrected chi connectivity index (χ0v) is 7.68. The molecule has 1 rings (SSSR count). The van der Waals surface area contributed by atoms with Crippen molar-refractivity contribution in [3.05, 3.63) is 45.9 Å². The maximum absolute atomic E-state index is 12.9. The number of azide groups is 1. The summed E-state index contributed by atoms with van der Waals surface area (Å²) >= 11 is 0. The largest absolute Gasteiger partial charge is 0.228 e. The summed E-state index contributed by atoms with van der Waals surface area (Å²) in [6, 6.07) is 1.70. The first-order chi connectivity index (χ1) is 6.75. The molecule has 0 amide bonds. The van der Waals surface area contributed by atoms with E-state index >= 15 is 0 Å². The van der Waals surface area contributed by atoms with Gasteiger partial charge in [0.2, 0.25) is 5.95 Å². The fourth-order valence-electron chi connectivity index (χ4n) is 0.968. The van der Waals surface area contributed by atoms with Crippen LogP contribution in [0.3, 0.4) is 0 Å². The average Bonchev–Trinajstić information content (AvgIpc) is 2.19. The van der Waals surface area contributed by atoms with Gasteiger partial charge in [-0.1, -0.05) is 17.3 Å². The van der Waals surface area contributed by atoms with Gasteiger partial charge in [-0.15, -0.1) is 0 Å². The van der Waals surface area contributed by atoms with E-state index in [0.29, 0.717) is 5.56 Å². The minimum Gasteiger partial charge on any atom is -0.228 e. The summed E-state index contributed by atoms with van der Waals surface area (Å²) in [6.07, 6.45) is 4.77. The Labute approximate surface area is 80.7 Å². The molecule has 0 unspecified atom stereocenters. The van der Waals surface area contributed by atoms with Gasteiger partial charge in [-0.3, -0.25) is 0 Å². The number of nitrogens with zero attached hydrogens (tertiary/aromatic N) is 4. The Kier molecular flexibility index (Phi) is 3.64. The molecule has 0 bridgehead atoms. The molecule has 14 heavy (non-hydrogen) atoms. The monoisotopic (exact) mass is 192 g/mol. The molecule has 5 heteroatoms. The Morgan fingerprint density at radius 3 is 3.21 bits per heavy atom. The van der Waals surface area contributed by atoms with E-state index in [1.165, 1.54) is 6.20 Å². The van der Waals surface area contributed by atoms with E-state index in [4.69, 9.17) is 5.53 Å². The average molecular weight is 192 g/mol. The molecule has 72 valence electrons. The van der Waals surface area contributed by atoms with Crippen molar-refractivity contribution in [2.24, 2.45) is 5.11 Å². The van der Waals surface area contributed by atoms with E-state index in [2.05, 4.69) is 15.0 Å². The molecular weight excluding hydrogens is 183 g/mol. The van der Waals surface area contributed by atoms with E-state index in [-0.39, 0.29) is 6.54 Å². The van der Waals surface area contributed by atoms with Gasteiger partial charge in [0.1, 0.15) is 0 Å². The van der Waals surface area contributed by atoms with Gasteiger partial charge in [0, 0.05) is 23.2 Å². The van der Waals surface area contributed by atoms with Crippen molar-refractivity contribution in [1.29, 1.82) is 0 Å². The summed E-state index contributed by atoms with van der Waals surface area (Å²) in [5, 5.41) is 3.32. The first kappa shape index (κ1) is 10.2. The number of pyridine rings is 1. The lowest BCUT2D eigenvalue weighted by atomic mass is 10.1. The summed E-state index contributed by atoms with van der Waals surface area (Å²) in [7, 11) is 0. The lowest BCUT2D eigenvalue weighted by Crippen LogP contribution is -1.90. The highest BCUT2D eigenvalue weighted by Crippen LogP contribution is 2.10. The normalized spacial score (nSPS) is 10.1. The number of aromatic nitrogens is 1. The maximum atomic E-state index is 12.9. The van der Waals surface area contributed by atoms with Crippen molar-refractivity contribution >= 4 is 6.08 Å². The highest BCUT2D eigenvalue weighted by Gasteiger charge is 2.00. The SMILES string of the molecule is Cc1c(C=CCN=[N+]=[N-])ccnc1F. The predicted octanol–water partition coefficient (Wildman–Crippen LogP) is 2.85. The first-order valence-electron chi connectivity index (χ1n) is 4.04. The highest BCUT2D eigenvalue weighted by atomic mass is 19.1. The smallest absolute Gasteiger partial charge is 0.216 e. The molecule has 1 aromatic rings. The Balaban J connectivity index is 2.81. The van der Waals surface area contributed by atoms with Crippen molar-refractivity contribution in [3.63, 3.8) is 0 Å². The second kappa shape index (κ2) is 4.99. The molecular formula is C9H9FN4. The standard InChI is InChI=1S/C9H9FN4/c1-7-8(3-2-5-13-14-11)4-6-12-9(7)10/h2-4,6H,5H2,1H3. The topological polar surface area (TPSA) is 61.7 Å². The van der Waals surface area contributed by atoms with Gasteiger partial charge in [-0.2, -0.15) is 4.39 Å². The number of halogens is 1. The maximum Gasteiger partial charge on any atom is 0.216 e. The molecule has 0 fully saturated rings. The van der Waals surface area contributed by atoms with E-state index in [9.17, 15) is 4.39 Å². The fraction of sp³-hybridized carbons (Fsp3) is 0.222. The van der Waals surface area contributed by atoms with Crippen LogP contribution in [0.4, 0.5) is 4.39 Å². The van der Waals surface area contributed by atoms with E-state index in [1.54, 1.807) is 25.1 Å². The van der Waals surface area contributed by atoms with Crippen LogP contribution in [0, 0.1) is 12.9 Å². The van der Waals surface area contributed by atoms with Gasteiger partial charge in [0.05, 0.1) is 0 Å². The van der Waals surface area contributed by atoms with Crippen LogP contribution >= 0.6 is 0 Å². The number of rotatable bonds is 3. The Hall–Kier alpha value is -1.87. The van der Waals surface area contributed by atoms with Gasteiger partial charge in [0.25, 0.3) is 0 Å². The third kappa shape index (κ3) is 2.57. The molecule has 0 atom stereocenters.